The molecule has 6 heterocycles. The number of carbonyl (C=O) groups excluding carboxylic acids is 1. The first-order valence-electron chi connectivity index (χ1n) is 17.4. The van der Waals surface area contributed by atoms with Gasteiger partial charge in [-0.3, -0.25) is 14.4 Å². The highest BCUT2D eigenvalue weighted by Gasteiger charge is 2.47. The molecular formula is C37H42F4N8O4. The number of nitrogens with zero attached hydrogens (tertiary/aromatic N) is 7. The molecular weight excluding hydrogens is 696 g/mol. The molecule has 53 heavy (non-hydrogen) atoms. The summed E-state index contributed by atoms with van der Waals surface area (Å²) in [6, 6.07) is 2.53. The van der Waals surface area contributed by atoms with Gasteiger partial charge in [0.2, 0.25) is 0 Å². The summed E-state index contributed by atoms with van der Waals surface area (Å²) in [6.45, 7) is 9.17. The van der Waals surface area contributed by atoms with Crippen LogP contribution in [0.5, 0.6) is 6.01 Å². The number of β-amino-alcohol motifs (C(OH)–C–C–N with tert-alkyl or cyclic N) is 1. The SMILES string of the molecule is C=C1CN2CCC[C@@]2(COc2nc3c(c(N4Cc5cc(C(=O)N(C)C)nn5C[C@](C)(O)C4)n2)CO[C@H](c2c(F)c(N)cc(C#CC)c2C(F)(F)F)C3)C1. The molecule has 1 amide bonds. The molecule has 12 nitrogen and oxygen atoms in total. The minimum Gasteiger partial charge on any atom is -0.461 e. The number of nitrogens with two attached hydrogens (primary N) is 1. The van der Waals surface area contributed by atoms with Crippen molar-refractivity contribution in [2.24, 2.45) is 0 Å². The van der Waals surface area contributed by atoms with E-state index in [1.54, 1.807) is 36.7 Å². The lowest BCUT2D eigenvalue weighted by Gasteiger charge is -2.34. The van der Waals surface area contributed by atoms with E-state index in [-0.39, 0.29) is 62.4 Å². The number of benzene rings is 1. The Labute approximate surface area is 304 Å². The Balaban J connectivity index is 1.32. The van der Waals surface area contributed by atoms with Gasteiger partial charge in [-0.15, -0.1) is 5.92 Å². The molecule has 3 N–H and O–H groups in total. The fraction of sp³-hybridized carbons (Fsp3) is 0.514. The zero-order chi connectivity index (χ0) is 38.0. The second kappa shape index (κ2) is 13.3. The quantitative estimate of drug-likeness (QED) is 0.164. The van der Waals surface area contributed by atoms with Gasteiger partial charge in [-0.2, -0.15) is 28.2 Å². The van der Waals surface area contributed by atoms with Gasteiger partial charge < -0.3 is 30.1 Å². The van der Waals surface area contributed by atoms with E-state index in [1.807, 2.05) is 0 Å². The lowest BCUT2D eigenvalue weighted by atomic mass is 9.90. The summed E-state index contributed by atoms with van der Waals surface area (Å²) in [4.78, 5) is 27.9. The molecule has 3 atom stereocenters. The van der Waals surface area contributed by atoms with Gasteiger partial charge in [0.05, 0.1) is 66.1 Å². The minimum atomic E-state index is -4.97. The monoisotopic (exact) mass is 738 g/mol. The topological polar surface area (TPSA) is 135 Å². The summed E-state index contributed by atoms with van der Waals surface area (Å²) in [5, 5.41) is 16.0. The summed E-state index contributed by atoms with van der Waals surface area (Å²) in [5.41, 5.74) is 4.02. The number of carbonyl (C=O) groups is 1. The number of aromatic nitrogens is 4. The Morgan fingerprint density at radius 2 is 2.02 bits per heavy atom. The number of amides is 1. The highest BCUT2D eigenvalue weighted by molar-refractivity contribution is 5.92. The van der Waals surface area contributed by atoms with Gasteiger partial charge in [0.15, 0.2) is 11.5 Å². The van der Waals surface area contributed by atoms with Crippen molar-refractivity contribution < 1.29 is 36.9 Å². The molecule has 2 saturated heterocycles. The Morgan fingerprint density at radius 3 is 2.74 bits per heavy atom. The molecule has 3 aromatic rings. The van der Waals surface area contributed by atoms with Gasteiger partial charge in [0, 0.05) is 43.8 Å². The highest BCUT2D eigenvalue weighted by atomic mass is 19.4. The Hall–Kier alpha value is -4.72. The standard InChI is InChI=1S/C37H42F4N8O4/c1-6-8-22-11-25(42)31(38)29(30(22)37(39,40)41)28-13-26-24(17-52-28)32(44-34(43-26)53-20-36-9-7-10-48(36)15-21(2)14-36)47-16-23-12-27(33(50)46(4)5)45-49(23)19-35(3,51)18-47/h11-12,28,51H,2,7,9-10,13-20,42H2,1,3-5H3/t28-,35+,36-/m0/s1. The van der Waals surface area contributed by atoms with Crippen molar-refractivity contribution in [1.82, 2.24) is 29.5 Å². The number of halogens is 4. The fourth-order valence-corrected chi connectivity index (χ4v) is 8.17. The molecule has 0 aliphatic carbocycles. The minimum absolute atomic E-state index is 0.0133. The summed E-state index contributed by atoms with van der Waals surface area (Å²) < 4.78 is 73.7. The maximum absolute atomic E-state index is 15.8. The van der Waals surface area contributed by atoms with Crippen LogP contribution in [0.2, 0.25) is 0 Å². The van der Waals surface area contributed by atoms with Crippen LogP contribution < -0.4 is 15.4 Å². The van der Waals surface area contributed by atoms with Crippen LogP contribution >= 0.6 is 0 Å². The molecule has 16 heteroatoms. The van der Waals surface area contributed by atoms with Gasteiger partial charge in [-0.05, 0) is 51.8 Å². The van der Waals surface area contributed by atoms with E-state index in [0.717, 1.165) is 44.0 Å². The first kappa shape index (κ1) is 36.6. The van der Waals surface area contributed by atoms with Crippen LogP contribution in [-0.2, 0) is 37.0 Å². The van der Waals surface area contributed by atoms with Crippen LogP contribution in [0.4, 0.5) is 29.1 Å². The number of alkyl halides is 3. The molecule has 1 aromatic carbocycles. The van der Waals surface area contributed by atoms with E-state index in [9.17, 15) is 23.1 Å². The average molecular weight is 739 g/mol. The normalized spacial score (nSPS) is 24.2. The third kappa shape index (κ3) is 6.81. The first-order valence-corrected chi connectivity index (χ1v) is 17.4. The predicted molar refractivity (Wildman–Crippen MR) is 186 cm³/mol. The third-order valence-electron chi connectivity index (χ3n) is 10.4. The maximum atomic E-state index is 15.8. The number of anilines is 2. The summed E-state index contributed by atoms with van der Waals surface area (Å²) in [6.07, 6.45) is -4.01. The van der Waals surface area contributed by atoms with E-state index in [2.05, 4.69) is 28.4 Å². The first-order chi connectivity index (χ1) is 25.0. The number of hydrogen-bond acceptors (Lipinski definition) is 10. The molecule has 0 bridgehead atoms. The number of fused-ring (bicyclic) bond motifs is 3. The van der Waals surface area contributed by atoms with Gasteiger partial charge in [0.1, 0.15) is 12.4 Å². The lowest BCUT2D eigenvalue weighted by molar-refractivity contribution is -0.140. The van der Waals surface area contributed by atoms with E-state index in [1.165, 1.54) is 11.8 Å². The lowest BCUT2D eigenvalue weighted by Crippen LogP contribution is -2.44. The van der Waals surface area contributed by atoms with Gasteiger partial charge in [-0.1, -0.05) is 18.1 Å². The van der Waals surface area contributed by atoms with Gasteiger partial charge in [0.25, 0.3) is 5.91 Å². The van der Waals surface area contributed by atoms with Crippen molar-refractivity contribution in [2.75, 3.05) is 51.0 Å². The molecule has 2 fully saturated rings. The van der Waals surface area contributed by atoms with Crippen LogP contribution in [0.3, 0.4) is 0 Å². The van der Waals surface area contributed by atoms with Crippen molar-refractivity contribution >= 4 is 17.4 Å². The van der Waals surface area contributed by atoms with Crippen molar-refractivity contribution in [1.29, 1.82) is 0 Å². The largest absolute Gasteiger partial charge is 0.461 e. The van der Waals surface area contributed by atoms with E-state index < -0.39 is 46.1 Å². The van der Waals surface area contributed by atoms with E-state index >= 15 is 4.39 Å². The molecule has 0 unspecified atom stereocenters. The molecule has 282 valence electrons. The van der Waals surface area contributed by atoms with Crippen LogP contribution in [0.25, 0.3) is 0 Å². The summed E-state index contributed by atoms with van der Waals surface area (Å²) in [7, 11) is 3.24. The zero-order valence-corrected chi connectivity index (χ0v) is 30.1. The van der Waals surface area contributed by atoms with Crippen LogP contribution in [-0.4, -0.2) is 92.0 Å². The molecule has 0 spiro atoms. The molecule has 2 aromatic heterocycles. The van der Waals surface area contributed by atoms with Crippen LogP contribution in [0.1, 0.15) is 83.3 Å². The average Bonchev–Trinajstić information content (AvgIpc) is 3.72. The van der Waals surface area contributed by atoms with Crippen molar-refractivity contribution in [3.8, 4) is 17.9 Å². The number of hydrogen-bond donors (Lipinski definition) is 2. The van der Waals surface area contributed by atoms with Gasteiger partial charge >= 0.3 is 12.2 Å². The van der Waals surface area contributed by atoms with Crippen LogP contribution in [0.15, 0.2) is 24.3 Å². The molecule has 0 radical (unpaired) electrons. The molecule has 0 saturated carbocycles. The zero-order valence-electron chi connectivity index (χ0n) is 30.1. The molecule has 4 aliphatic heterocycles. The Kier molecular flexibility index (Phi) is 9.19. The summed E-state index contributed by atoms with van der Waals surface area (Å²) >= 11 is 0. The van der Waals surface area contributed by atoms with Crippen molar-refractivity contribution in [3.63, 3.8) is 0 Å². The van der Waals surface area contributed by atoms with Crippen LogP contribution in [0, 0.1) is 17.7 Å². The number of rotatable bonds is 6. The number of ether oxygens (including phenoxy) is 2. The van der Waals surface area contributed by atoms with Gasteiger partial charge in [-0.25, -0.2) is 4.39 Å². The second-order valence-corrected chi connectivity index (χ2v) is 14.9. The summed E-state index contributed by atoms with van der Waals surface area (Å²) in [5.74, 6) is 3.67. The smallest absolute Gasteiger partial charge is 0.418 e. The van der Waals surface area contributed by atoms with Crippen molar-refractivity contribution in [3.05, 3.63) is 69.4 Å². The fourth-order valence-electron chi connectivity index (χ4n) is 8.17. The Bertz CT molecular complexity index is 2050. The molecule has 4 aliphatic rings. The highest BCUT2D eigenvalue weighted by Crippen LogP contribution is 2.45. The number of nitrogen functional groups attached to an aromatic ring is 1. The van der Waals surface area contributed by atoms with E-state index in [4.69, 9.17) is 25.2 Å². The predicted octanol–water partition coefficient (Wildman–Crippen LogP) is 4.24. The third-order valence-corrected chi connectivity index (χ3v) is 10.4. The maximum Gasteiger partial charge on any atom is 0.418 e. The Morgan fingerprint density at radius 1 is 1.25 bits per heavy atom. The van der Waals surface area contributed by atoms with Crippen molar-refractivity contribution in [2.45, 2.75) is 82.6 Å². The number of aliphatic hydroxyl groups is 1. The van der Waals surface area contributed by atoms with E-state index in [0.29, 0.717) is 22.8 Å². The second-order valence-electron chi connectivity index (χ2n) is 14.9. The molecule has 7 rings (SSSR count).